The summed E-state index contributed by atoms with van der Waals surface area (Å²) in [7, 11) is 1.80. The van der Waals surface area contributed by atoms with Gasteiger partial charge in [0.1, 0.15) is 0 Å². The van der Waals surface area contributed by atoms with E-state index in [4.69, 9.17) is 11.6 Å². The number of rotatable bonds is 5. The van der Waals surface area contributed by atoms with Crippen molar-refractivity contribution in [2.24, 2.45) is 0 Å². The third kappa shape index (κ3) is 3.17. The van der Waals surface area contributed by atoms with E-state index in [2.05, 4.69) is 39.0 Å². The smallest absolute Gasteiger partial charge is 0.230 e. The Morgan fingerprint density at radius 2 is 1.70 bits per heavy atom. The zero-order valence-corrected chi connectivity index (χ0v) is 12.6. The second-order valence-electron chi connectivity index (χ2n) is 4.21. The summed E-state index contributed by atoms with van der Waals surface area (Å²) >= 11 is 5.91. The highest BCUT2D eigenvalue weighted by Crippen LogP contribution is 2.21. The Kier molecular flexibility index (Phi) is 4.74. The molecule has 2 aromatic rings. The minimum absolute atomic E-state index is 0.562. The van der Waals surface area contributed by atoms with Gasteiger partial charge in [0.05, 0.1) is 0 Å². The fourth-order valence-corrected chi connectivity index (χ4v) is 1.98. The van der Waals surface area contributed by atoms with Crippen LogP contribution in [0.4, 0.5) is 11.9 Å². The first kappa shape index (κ1) is 14.5. The molecule has 5 nitrogen and oxygen atoms in total. The topological polar surface area (TPSA) is 53.9 Å². The molecular weight excluding hydrogens is 274 g/mol. The van der Waals surface area contributed by atoms with Crippen LogP contribution in [0.15, 0.2) is 24.3 Å². The van der Waals surface area contributed by atoms with Crippen LogP contribution in [0.5, 0.6) is 0 Å². The van der Waals surface area contributed by atoms with Crippen molar-refractivity contribution in [3.63, 3.8) is 0 Å². The van der Waals surface area contributed by atoms with E-state index in [1.54, 1.807) is 7.05 Å². The third-order valence-electron chi connectivity index (χ3n) is 3.00. The van der Waals surface area contributed by atoms with Gasteiger partial charge in [-0.1, -0.05) is 11.6 Å². The second kappa shape index (κ2) is 6.52. The van der Waals surface area contributed by atoms with Crippen LogP contribution >= 0.6 is 11.6 Å². The van der Waals surface area contributed by atoms with Gasteiger partial charge in [0, 0.05) is 30.7 Å². The first-order chi connectivity index (χ1) is 9.67. The maximum absolute atomic E-state index is 5.91. The Bertz CT molecular complexity index is 566. The van der Waals surface area contributed by atoms with Crippen LogP contribution in [-0.4, -0.2) is 35.1 Å². The van der Waals surface area contributed by atoms with Crippen molar-refractivity contribution in [1.82, 2.24) is 15.0 Å². The number of halogens is 1. The first-order valence-corrected chi connectivity index (χ1v) is 7.00. The molecule has 6 heteroatoms. The van der Waals surface area contributed by atoms with E-state index in [0.717, 1.165) is 18.7 Å². The molecule has 0 atom stereocenters. The van der Waals surface area contributed by atoms with Crippen molar-refractivity contribution >= 4 is 23.5 Å². The lowest BCUT2D eigenvalue weighted by atomic mass is 10.2. The lowest BCUT2D eigenvalue weighted by Crippen LogP contribution is -2.25. The van der Waals surface area contributed by atoms with Crippen LogP contribution < -0.4 is 10.2 Å². The summed E-state index contributed by atoms with van der Waals surface area (Å²) in [5, 5.41) is 3.67. The van der Waals surface area contributed by atoms with Crippen molar-refractivity contribution in [3.05, 3.63) is 29.3 Å². The summed E-state index contributed by atoms with van der Waals surface area (Å²) in [4.78, 5) is 15.4. The molecule has 0 saturated heterocycles. The minimum Gasteiger partial charge on any atom is -0.357 e. The molecule has 0 aliphatic heterocycles. The van der Waals surface area contributed by atoms with Crippen molar-refractivity contribution in [2.45, 2.75) is 13.8 Å². The summed E-state index contributed by atoms with van der Waals surface area (Å²) in [6, 6.07) is 7.47. The fourth-order valence-electron chi connectivity index (χ4n) is 1.85. The van der Waals surface area contributed by atoms with Crippen LogP contribution in [0.3, 0.4) is 0 Å². The number of nitrogens with one attached hydrogen (secondary N) is 1. The highest BCUT2D eigenvalue weighted by Gasteiger charge is 2.11. The highest BCUT2D eigenvalue weighted by atomic mass is 35.5. The molecule has 0 aliphatic carbocycles. The third-order valence-corrected chi connectivity index (χ3v) is 3.25. The number of nitrogens with zero attached hydrogens (tertiary/aromatic N) is 4. The van der Waals surface area contributed by atoms with Gasteiger partial charge in [0.25, 0.3) is 0 Å². The fraction of sp³-hybridized carbons (Fsp3) is 0.357. The zero-order valence-electron chi connectivity index (χ0n) is 11.9. The van der Waals surface area contributed by atoms with Crippen LogP contribution in [0.25, 0.3) is 11.4 Å². The molecule has 0 radical (unpaired) electrons. The summed E-state index contributed by atoms with van der Waals surface area (Å²) in [6.07, 6.45) is 0. The van der Waals surface area contributed by atoms with E-state index in [1.165, 1.54) is 0 Å². The standard InChI is InChI=1S/C14H18ClN5/c1-4-20(5-2)14-18-12(17-13(16-3)19-14)10-6-8-11(15)9-7-10/h6-9H,4-5H2,1-3H3,(H,16,17,18,19). The average molecular weight is 292 g/mol. The van der Waals surface area contributed by atoms with Gasteiger partial charge in [-0.3, -0.25) is 0 Å². The number of hydrogen-bond acceptors (Lipinski definition) is 5. The van der Waals surface area contributed by atoms with E-state index in [1.807, 2.05) is 24.3 Å². The van der Waals surface area contributed by atoms with Gasteiger partial charge < -0.3 is 10.2 Å². The highest BCUT2D eigenvalue weighted by molar-refractivity contribution is 6.30. The maximum atomic E-state index is 5.91. The van der Waals surface area contributed by atoms with Gasteiger partial charge in [0.2, 0.25) is 11.9 Å². The van der Waals surface area contributed by atoms with E-state index in [9.17, 15) is 0 Å². The van der Waals surface area contributed by atoms with Crippen molar-refractivity contribution in [2.75, 3.05) is 30.4 Å². The minimum atomic E-state index is 0.562. The number of benzene rings is 1. The Hall–Kier alpha value is -1.88. The normalized spacial score (nSPS) is 10.4. The second-order valence-corrected chi connectivity index (χ2v) is 4.65. The van der Waals surface area contributed by atoms with E-state index >= 15 is 0 Å². The largest absolute Gasteiger partial charge is 0.357 e. The number of anilines is 2. The van der Waals surface area contributed by atoms with Gasteiger partial charge in [-0.15, -0.1) is 0 Å². The predicted molar refractivity (Wildman–Crippen MR) is 83.4 cm³/mol. The van der Waals surface area contributed by atoms with Crippen LogP contribution in [0.1, 0.15) is 13.8 Å². The molecule has 2 rings (SSSR count). The lowest BCUT2D eigenvalue weighted by molar-refractivity contribution is 0.815. The Morgan fingerprint density at radius 3 is 2.25 bits per heavy atom. The molecule has 20 heavy (non-hydrogen) atoms. The Morgan fingerprint density at radius 1 is 1.05 bits per heavy atom. The average Bonchev–Trinajstić information content (AvgIpc) is 2.49. The summed E-state index contributed by atoms with van der Waals surface area (Å²) in [5.41, 5.74) is 0.918. The summed E-state index contributed by atoms with van der Waals surface area (Å²) in [6.45, 7) is 5.86. The quantitative estimate of drug-likeness (QED) is 0.917. The molecule has 0 amide bonds. The lowest BCUT2D eigenvalue weighted by Gasteiger charge is -2.19. The molecule has 0 unspecified atom stereocenters. The SMILES string of the molecule is CCN(CC)c1nc(NC)nc(-c2ccc(Cl)cc2)n1. The predicted octanol–water partition coefficient (Wildman–Crippen LogP) is 3.08. The van der Waals surface area contributed by atoms with Crippen molar-refractivity contribution in [3.8, 4) is 11.4 Å². The molecule has 1 heterocycles. The molecule has 0 bridgehead atoms. The molecule has 0 spiro atoms. The van der Waals surface area contributed by atoms with E-state index < -0.39 is 0 Å². The maximum Gasteiger partial charge on any atom is 0.230 e. The number of aromatic nitrogens is 3. The molecule has 1 aromatic carbocycles. The molecular formula is C14H18ClN5. The van der Waals surface area contributed by atoms with Crippen LogP contribution in [-0.2, 0) is 0 Å². The van der Waals surface area contributed by atoms with Crippen molar-refractivity contribution in [1.29, 1.82) is 0 Å². The Balaban J connectivity index is 2.47. The Labute approximate surface area is 124 Å². The summed E-state index contributed by atoms with van der Waals surface area (Å²) < 4.78 is 0. The van der Waals surface area contributed by atoms with Gasteiger partial charge in [-0.25, -0.2) is 0 Å². The molecule has 0 fully saturated rings. The molecule has 0 saturated carbocycles. The van der Waals surface area contributed by atoms with Crippen LogP contribution in [0, 0.1) is 0 Å². The van der Waals surface area contributed by atoms with Gasteiger partial charge in [-0.2, -0.15) is 15.0 Å². The molecule has 0 aliphatic rings. The van der Waals surface area contributed by atoms with Gasteiger partial charge in [-0.05, 0) is 38.1 Å². The molecule has 1 N–H and O–H groups in total. The zero-order chi connectivity index (χ0) is 14.5. The van der Waals surface area contributed by atoms with Crippen molar-refractivity contribution < 1.29 is 0 Å². The van der Waals surface area contributed by atoms with E-state index in [-0.39, 0.29) is 0 Å². The summed E-state index contributed by atoms with van der Waals surface area (Å²) in [5.74, 6) is 1.88. The monoisotopic (exact) mass is 291 g/mol. The number of hydrogen-bond donors (Lipinski definition) is 1. The molecule has 1 aromatic heterocycles. The van der Waals surface area contributed by atoms with E-state index in [0.29, 0.717) is 22.7 Å². The van der Waals surface area contributed by atoms with Gasteiger partial charge >= 0.3 is 0 Å². The molecule has 106 valence electrons. The first-order valence-electron chi connectivity index (χ1n) is 6.62. The van der Waals surface area contributed by atoms with Gasteiger partial charge in [0.15, 0.2) is 5.82 Å². The van der Waals surface area contributed by atoms with Crippen LogP contribution in [0.2, 0.25) is 5.02 Å².